The minimum atomic E-state index is -3.61. The first-order valence-electron chi connectivity index (χ1n) is 9.62. The van der Waals surface area contributed by atoms with Crippen LogP contribution in [0.25, 0.3) is 0 Å². The third-order valence-corrected chi connectivity index (χ3v) is 7.22. The summed E-state index contributed by atoms with van der Waals surface area (Å²) in [4.78, 5) is 13.3. The lowest BCUT2D eigenvalue weighted by Gasteiger charge is -2.34. The molecule has 29 heavy (non-hydrogen) atoms. The zero-order chi connectivity index (χ0) is 20.9. The standard InChI is InChI=1S/C21H25ClN2O4S/c22-19-8-6-17(7-9-19)4-2-10-23-11-13-24(14-12-23)29(27,28)20-5-1-3-18(15-20)16-21(25)26/h1,3,5-9,15H,2,4,10-14,16H2,(H,25,26). The Hall–Kier alpha value is -1.93. The normalized spacial score (nSPS) is 16.0. The first-order valence-corrected chi connectivity index (χ1v) is 11.4. The van der Waals surface area contributed by atoms with Gasteiger partial charge in [0.15, 0.2) is 0 Å². The van der Waals surface area contributed by atoms with Crippen molar-refractivity contribution in [1.29, 1.82) is 0 Å². The Morgan fingerprint density at radius 1 is 1.00 bits per heavy atom. The van der Waals surface area contributed by atoms with Gasteiger partial charge in [0.2, 0.25) is 10.0 Å². The summed E-state index contributed by atoms with van der Waals surface area (Å²) in [7, 11) is -3.61. The molecule has 0 atom stereocenters. The SMILES string of the molecule is O=C(O)Cc1cccc(S(=O)(=O)N2CCN(CCCc3ccc(Cl)cc3)CC2)c1. The predicted molar refractivity (Wildman–Crippen MR) is 113 cm³/mol. The summed E-state index contributed by atoms with van der Waals surface area (Å²) >= 11 is 5.90. The first-order chi connectivity index (χ1) is 13.8. The van der Waals surface area contributed by atoms with Crippen LogP contribution in [0.15, 0.2) is 53.4 Å². The molecule has 3 rings (SSSR count). The van der Waals surface area contributed by atoms with Crippen molar-refractivity contribution in [3.63, 3.8) is 0 Å². The van der Waals surface area contributed by atoms with Gasteiger partial charge < -0.3 is 10.0 Å². The fraction of sp³-hybridized carbons (Fsp3) is 0.381. The number of piperazine rings is 1. The Kier molecular flexibility index (Phi) is 7.29. The number of halogens is 1. The molecule has 6 nitrogen and oxygen atoms in total. The Labute approximate surface area is 176 Å². The molecule has 1 fully saturated rings. The largest absolute Gasteiger partial charge is 0.481 e. The second kappa shape index (κ2) is 9.71. The smallest absolute Gasteiger partial charge is 0.307 e. The number of carboxylic acids is 1. The molecule has 0 amide bonds. The van der Waals surface area contributed by atoms with Crippen LogP contribution in [0, 0.1) is 0 Å². The quantitative estimate of drug-likeness (QED) is 0.688. The topological polar surface area (TPSA) is 77.9 Å². The summed E-state index contributed by atoms with van der Waals surface area (Å²) in [6.45, 7) is 3.17. The van der Waals surface area contributed by atoms with E-state index in [0.717, 1.165) is 24.4 Å². The van der Waals surface area contributed by atoms with Gasteiger partial charge in [-0.05, 0) is 54.8 Å². The molecule has 0 aromatic heterocycles. The number of benzene rings is 2. The van der Waals surface area contributed by atoms with Crippen LogP contribution in [-0.2, 0) is 27.7 Å². The molecule has 0 saturated carbocycles. The summed E-state index contributed by atoms with van der Waals surface area (Å²) in [5, 5.41) is 9.66. The van der Waals surface area contributed by atoms with Crippen LogP contribution < -0.4 is 0 Å². The van der Waals surface area contributed by atoms with E-state index < -0.39 is 16.0 Å². The molecule has 1 saturated heterocycles. The summed E-state index contributed by atoms with van der Waals surface area (Å²) in [6.07, 6.45) is 1.78. The van der Waals surface area contributed by atoms with E-state index in [2.05, 4.69) is 4.90 Å². The van der Waals surface area contributed by atoms with Crippen molar-refractivity contribution in [3.8, 4) is 0 Å². The zero-order valence-corrected chi connectivity index (χ0v) is 17.7. The number of aliphatic carboxylic acids is 1. The first kappa shape index (κ1) is 21.8. The fourth-order valence-electron chi connectivity index (χ4n) is 3.49. The van der Waals surface area contributed by atoms with E-state index in [-0.39, 0.29) is 11.3 Å². The van der Waals surface area contributed by atoms with Gasteiger partial charge in [0, 0.05) is 31.2 Å². The van der Waals surface area contributed by atoms with Crippen LogP contribution in [-0.4, -0.2) is 61.4 Å². The van der Waals surface area contributed by atoms with Crippen LogP contribution in [0.3, 0.4) is 0 Å². The monoisotopic (exact) mass is 436 g/mol. The number of hydrogen-bond acceptors (Lipinski definition) is 4. The van der Waals surface area contributed by atoms with Gasteiger partial charge >= 0.3 is 5.97 Å². The van der Waals surface area contributed by atoms with Crippen molar-refractivity contribution in [2.45, 2.75) is 24.2 Å². The van der Waals surface area contributed by atoms with Crippen LogP contribution >= 0.6 is 11.6 Å². The molecule has 0 radical (unpaired) electrons. The number of rotatable bonds is 8. The van der Waals surface area contributed by atoms with Gasteiger partial charge in [0.05, 0.1) is 11.3 Å². The summed E-state index contributed by atoms with van der Waals surface area (Å²) in [5.41, 5.74) is 1.73. The van der Waals surface area contributed by atoms with E-state index >= 15 is 0 Å². The van der Waals surface area contributed by atoms with Crippen molar-refractivity contribution >= 4 is 27.6 Å². The van der Waals surface area contributed by atoms with Gasteiger partial charge in [0.25, 0.3) is 0 Å². The van der Waals surface area contributed by atoms with E-state index in [1.54, 1.807) is 12.1 Å². The highest BCUT2D eigenvalue weighted by Crippen LogP contribution is 2.19. The third kappa shape index (κ3) is 6.02. The molecular weight excluding hydrogens is 412 g/mol. The molecule has 1 aliphatic heterocycles. The number of carboxylic acid groups (broad SMARTS) is 1. The molecule has 1 aliphatic rings. The maximum atomic E-state index is 12.9. The lowest BCUT2D eigenvalue weighted by molar-refractivity contribution is -0.136. The van der Waals surface area contributed by atoms with Gasteiger partial charge in [-0.3, -0.25) is 4.79 Å². The van der Waals surface area contributed by atoms with Crippen molar-refractivity contribution in [3.05, 3.63) is 64.7 Å². The van der Waals surface area contributed by atoms with Crippen LogP contribution in [0.1, 0.15) is 17.5 Å². The molecule has 0 spiro atoms. The predicted octanol–water partition coefficient (Wildman–Crippen LogP) is 2.91. The molecule has 8 heteroatoms. The number of hydrogen-bond donors (Lipinski definition) is 1. The summed E-state index contributed by atoms with van der Waals surface area (Å²) in [6, 6.07) is 14.1. The van der Waals surface area contributed by atoms with E-state index in [9.17, 15) is 13.2 Å². The maximum absolute atomic E-state index is 12.9. The maximum Gasteiger partial charge on any atom is 0.307 e. The van der Waals surface area contributed by atoms with Crippen LogP contribution in [0.4, 0.5) is 0 Å². The van der Waals surface area contributed by atoms with Crippen molar-refractivity contribution in [2.75, 3.05) is 32.7 Å². The second-order valence-corrected chi connectivity index (χ2v) is 9.57. The zero-order valence-electron chi connectivity index (χ0n) is 16.1. The van der Waals surface area contributed by atoms with Crippen LogP contribution in [0.2, 0.25) is 5.02 Å². The van der Waals surface area contributed by atoms with Crippen molar-refractivity contribution in [2.24, 2.45) is 0 Å². The number of sulfonamides is 1. The average Bonchev–Trinajstić information content (AvgIpc) is 2.70. The molecule has 2 aromatic carbocycles. The van der Waals surface area contributed by atoms with Gasteiger partial charge in [-0.2, -0.15) is 4.31 Å². The molecule has 1 N–H and O–H groups in total. The molecule has 0 unspecified atom stereocenters. The molecule has 2 aromatic rings. The number of nitrogens with zero attached hydrogens (tertiary/aromatic N) is 2. The lowest BCUT2D eigenvalue weighted by Crippen LogP contribution is -2.48. The Balaban J connectivity index is 1.51. The summed E-state index contributed by atoms with van der Waals surface area (Å²) in [5.74, 6) is -0.980. The molecule has 0 aliphatic carbocycles. The number of carbonyl (C=O) groups is 1. The highest BCUT2D eigenvalue weighted by atomic mass is 35.5. The average molecular weight is 437 g/mol. The van der Waals surface area contributed by atoms with Gasteiger partial charge in [0.1, 0.15) is 0 Å². The summed E-state index contributed by atoms with van der Waals surface area (Å²) < 4.78 is 27.3. The van der Waals surface area contributed by atoms with E-state index in [0.29, 0.717) is 31.7 Å². The Bertz CT molecular complexity index is 939. The molecule has 0 bridgehead atoms. The minimum absolute atomic E-state index is 0.160. The molecule has 156 valence electrons. The van der Waals surface area contributed by atoms with Crippen molar-refractivity contribution in [1.82, 2.24) is 9.21 Å². The van der Waals surface area contributed by atoms with E-state index in [4.69, 9.17) is 16.7 Å². The number of aryl methyl sites for hydroxylation is 1. The lowest BCUT2D eigenvalue weighted by atomic mass is 10.1. The molecular formula is C21H25ClN2O4S. The van der Waals surface area contributed by atoms with Crippen LogP contribution in [0.5, 0.6) is 0 Å². The third-order valence-electron chi connectivity index (χ3n) is 5.08. The highest BCUT2D eigenvalue weighted by molar-refractivity contribution is 7.89. The fourth-order valence-corrected chi connectivity index (χ4v) is 5.11. The Morgan fingerprint density at radius 2 is 1.69 bits per heavy atom. The van der Waals surface area contributed by atoms with Crippen molar-refractivity contribution < 1.29 is 18.3 Å². The second-order valence-electron chi connectivity index (χ2n) is 7.19. The Morgan fingerprint density at radius 3 is 2.34 bits per heavy atom. The van der Waals surface area contributed by atoms with E-state index in [1.807, 2.05) is 24.3 Å². The van der Waals surface area contributed by atoms with Gasteiger partial charge in [-0.25, -0.2) is 8.42 Å². The van der Waals surface area contributed by atoms with E-state index in [1.165, 1.54) is 22.0 Å². The minimum Gasteiger partial charge on any atom is -0.481 e. The van der Waals surface area contributed by atoms with Gasteiger partial charge in [-0.15, -0.1) is 0 Å². The van der Waals surface area contributed by atoms with Gasteiger partial charge in [-0.1, -0.05) is 35.9 Å². The molecule has 1 heterocycles. The highest BCUT2D eigenvalue weighted by Gasteiger charge is 2.28.